The van der Waals surface area contributed by atoms with E-state index in [0.29, 0.717) is 33.0 Å². The van der Waals surface area contributed by atoms with Crippen LogP contribution >= 0.6 is 0 Å². The molecule has 0 radical (unpaired) electrons. The summed E-state index contributed by atoms with van der Waals surface area (Å²) in [5.74, 6) is 0. The molecular formula is C19H34ClNO3. The van der Waals surface area contributed by atoms with Gasteiger partial charge in [-0.3, -0.25) is 0 Å². The highest BCUT2D eigenvalue weighted by atomic mass is 35.5. The van der Waals surface area contributed by atoms with E-state index >= 15 is 0 Å². The first-order chi connectivity index (χ1) is 11.4. The third-order valence-corrected chi connectivity index (χ3v) is 3.66. The number of hydrogen-bond acceptors (Lipinski definition) is 3. The zero-order chi connectivity index (χ0) is 16.4. The molecule has 24 heavy (non-hydrogen) atoms. The Hall–Kier alpha value is -0.680. The molecule has 1 aromatic heterocycles. The Kier molecular flexibility index (Phi) is 18.1. The van der Waals surface area contributed by atoms with Gasteiger partial charge in [0, 0.05) is 18.7 Å². The Morgan fingerprint density at radius 1 is 0.625 bits per heavy atom. The summed E-state index contributed by atoms with van der Waals surface area (Å²) in [4.78, 5) is 0. The lowest BCUT2D eigenvalue weighted by atomic mass is 10.1. The Bertz CT molecular complexity index is 352. The van der Waals surface area contributed by atoms with Gasteiger partial charge in [0.1, 0.15) is 6.61 Å². The summed E-state index contributed by atoms with van der Waals surface area (Å²) in [6, 6.07) is 6.06. The average molecular weight is 360 g/mol. The molecule has 0 aliphatic rings. The summed E-state index contributed by atoms with van der Waals surface area (Å²) < 4.78 is 18.7. The zero-order valence-corrected chi connectivity index (χ0v) is 15.9. The molecule has 0 N–H and O–H groups in total. The summed E-state index contributed by atoms with van der Waals surface area (Å²) in [5, 5.41) is 0. The molecule has 4 nitrogen and oxygen atoms in total. The Labute approximate surface area is 153 Å². The van der Waals surface area contributed by atoms with Crippen molar-refractivity contribution >= 4 is 0 Å². The molecule has 0 saturated carbocycles. The number of hydrogen-bond donors (Lipinski definition) is 0. The number of halogens is 1. The van der Waals surface area contributed by atoms with Crippen LogP contribution in [0.15, 0.2) is 30.6 Å². The molecule has 0 fully saturated rings. The van der Waals surface area contributed by atoms with Gasteiger partial charge < -0.3 is 26.6 Å². The molecule has 0 aliphatic heterocycles. The van der Waals surface area contributed by atoms with Crippen LogP contribution in [-0.2, 0) is 20.8 Å². The summed E-state index contributed by atoms with van der Waals surface area (Å²) in [7, 11) is 0. The summed E-state index contributed by atoms with van der Waals surface area (Å²) in [6.07, 6.45) is 11.9. The second kappa shape index (κ2) is 18.7. The van der Waals surface area contributed by atoms with Crippen molar-refractivity contribution in [3.8, 4) is 0 Å². The van der Waals surface area contributed by atoms with Crippen LogP contribution in [-0.4, -0.2) is 39.6 Å². The van der Waals surface area contributed by atoms with E-state index in [1.165, 1.54) is 38.5 Å². The Morgan fingerprint density at radius 3 is 1.83 bits per heavy atom. The van der Waals surface area contributed by atoms with E-state index in [-0.39, 0.29) is 12.4 Å². The van der Waals surface area contributed by atoms with Gasteiger partial charge in [0.05, 0.1) is 26.4 Å². The zero-order valence-electron chi connectivity index (χ0n) is 15.1. The van der Waals surface area contributed by atoms with Crippen molar-refractivity contribution in [1.82, 2.24) is 0 Å². The molecule has 0 aromatic carbocycles. The van der Waals surface area contributed by atoms with Crippen LogP contribution in [0.4, 0.5) is 0 Å². The molecule has 1 aromatic rings. The largest absolute Gasteiger partial charge is 1.00 e. The highest BCUT2D eigenvalue weighted by Crippen LogP contribution is 2.04. The first-order valence-electron chi connectivity index (χ1n) is 9.11. The lowest BCUT2D eigenvalue weighted by molar-refractivity contribution is -0.698. The van der Waals surface area contributed by atoms with Gasteiger partial charge in [-0.05, 0) is 6.42 Å². The quantitative estimate of drug-likeness (QED) is 0.316. The molecule has 0 amide bonds. The number of ether oxygens (including phenoxy) is 3. The third-order valence-electron chi connectivity index (χ3n) is 3.66. The maximum atomic E-state index is 5.56. The van der Waals surface area contributed by atoms with Crippen molar-refractivity contribution in [1.29, 1.82) is 0 Å². The first-order valence-corrected chi connectivity index (χ1v) is 9.11. The summed E-state index contributed by atoms with van der Waals surface area (Å²) in [6.45, 7) is 7.33. The minimum atomic E-state index is 0. The highest BCUT2D eigenvalue weighted by molar-refractivity contribution is 4.83. The molecule has 140 valence electrons. The Balaban J connectivity index is 0.00000529. The first kappa shape index (κ1) is 23.3. The second-order valence-corrected chi connectivity index (χ2v) is 5.72. The predicted molar refractivity (Wildman–Crippen MR) is 92.5 cm³/mol. The molecule has 0 aliphatic carbocycles. The van der Waals surface area contributed by atoms with Gasteiger partial charge in [0.2, 0.25) is 0 Å². The van der Waals surface area contributed by atoms with Crippen molar-refractivity contribution in [2.75, 3.05) is 39.6 Å². The summed E-state index contributed by atoms with van der Waals surface area (Å²) >= 11 is 0. The lowest BCUT2D eigenvalue weighted by Crippen LogP contribution is -3.00. The molecular weight excluding hydrogens is 326 g/mol. The molecule has 0 spiro atoms. The normalized spacial score (nSPS) is 10.5. The number of aromatic nitrogens is 1. The van der Waals surface area contributed by atoms with Crippen LogP contribution in [0, 0.1) is 0 Å². The van der Waals surface area contributed by atoms with Gasteiger partial charge in [-0.25, -0.2) is 4.57 Å². The monoisotopic (exact) mass is 359 g/mol. The van der Waals surface area contributed by atoms with E-state index in [9.17, 15) is 0 Å². The van der Waals surface area contributed by atoms with Crippen molar-refractivity contribution in [3.05, 3.63) is 30.6 Å². The molecule has 5 heteroatoms. The molecule has 1 heterocycles. The minimum Gasteiger partial charge on any atom is -1.00 e. The number of unbranched alkanes of at least 4 members (excludes halogenated alkanes) is 5. The number of rotatable bonds is 16. The maximum absolute atomic E-state index is 5.56. The molecule has 0 saturated heterocycles. The third kappa shape index (κ3) is 14.9. The van der Waals surface area contributed by atoms with E-state index in [1.54, 1.807) is 0 Å². The van der Waals surface area contributed by atoms with Crippen LogP contribution in [0.5, 0.6) is 0 Å². The van der Waals surface area contributed by atoms with Crippen molar-refractivity contribution in [3.63, 3.8) is 0 Å². The van der Waals surface area contributed by atoms with Gasteiger partial charge in [0.25, 0.3) is 0 Å². The second-order valence-electron chi connectivity index (χ2n) is 5.72. The van der Waals surface area contributed by atoms with Crippen LogP contribution in [0.1, 0.15) is 45.4 Å². The van der Waals surface area contributed by atoms with Crippen LogP contribution < -0.4 is 17.0 Å². The van der Waals surface area contributed by atoms with Gasteiger partial charge in [-0.15, -0.1) is 0 Å². The number of pyridine rings is 1. The highest BCUT2D eigenvalue weighted by Gasteiger charge is 1.97. The van der Waals surface area contributed by atoms with Crippen molar-refractivity contribution < 1.29 is 31.2 Å². The standard InChI is InChI=1S/C19H34NO3.ClH/c1-2-3-4-5-6-10-14-21-16-18-23-19-17-22-15-13-20-11-8-7-9-12-20;/h7-9,11-12H,2-6,10,13-19H2,1H3;1H/q+1;/p-1. The average Bonchev–Trinajstić information content (AvgIpc) is 2.59. The van der Waals surface area contributed by atoms with Crippen molar-refractivity contribution in [2.45, 2.75) is 52.0 Å². The van der Waals surface area contributed by atoms with E-state index < -0.39 is 0 Å². The number of nitrogens with zero attached hydrogens (tertiary/aromatic N) is 1. The Morgan fingerprint density at radius 2 is 1.17 bits per heavy atom. The van der Waals surface area contributed by atoms with Gasteiger partial charge >= 0.3 is 0 Å². The van der Waals surface area contributed by atoms with Crippen molar-refractivity contribution in [2.24, 2.45) is 0 Å². The van der Waals surface area contributed by atoms with E-state index in [1.807, 2.05) is 30.6 Å². The lowest BCUT2D eigenvalue weighted by Gasteiger charge is -2.06. The topological polar surface area (TPSA) is 31.6 Å². The van der Waals surface area contributed by atoms with E-state index in [0.717, 1.165) is 13.2 Å². The van der Waals surface area contributed by atoms with Gasteiger partial charge in [0.15, 0.2) is 18.9 Å². The molecule has 0 atom stereocenters. The molecule has 0 bridgehead atoms. The molecule has 1 rings (SSSR count). The van der Waals surface area contributed by atoms with E-state index in [4.69, 9.17) is 14.2 Å². The minimum absolute atomic E-state index is 0. The summed E-state index contributed by atoms with van der Waals surface area (Å²) in [5.41, 5.74) is 0. The smallest absolute Gasteiger partial charge is 0.171 e. The van der Waals surface area contributed by atoms with Gasteiger partial charge in [-0.1, -0.05) is 45.1 Å². The van der Waals surface area contributed by atoms with Gasteiger partial charge in [-0.2, -0.15) is 0 Å². The maximum Gasteiger partial charge on any atom is 0.171 e. The molecule has 0 unspecified atom stereocenters. The SMILES string of the molecule is CCCCCCCCOCCOCCOCC[n+]1ccccc1.[Cl-]. The van der Waals surface area contributed by atoms with E-state index in [2.05, 4.69) is 11.5 Å². The van der Waals surface area contributed by atoms with Crippen LogP contribution in [0.2, 0.25) is 0 Å². The fourth-order valence-corrected chi connectivity index (χ4v) is 2.28. The predicted octanol–water partition coefficient (Wildman–Crippen LogP) is 0.388. The fraction of sp³-hybridized carbons (Fsp3) is 0.737. The van der Waals surface area contributed by atoms with Crippen LogP contribution in [0.3, 0.4) is 0 Å². The van der Waals surface area contributed by atoms with Crippen LogP contribution in [0.25, 0.3) is 0 Å². The fourth-order valence-electron chi connectivity index (χ4n) is 2.28.